The fraction of sp³-hybridized carbons (Fsp3) is 0.304. The predicted octanol–water partition coefficient (Wildman–Crippen LogP) is 3.66. The zero-order valence-electron chi connectivity index (χ0n) is 16.8. The summed E-state index contributed by atoms with van der Waals surface area (Å²) in [4.78, 5) is 26.1. The lowest BCUT2D eigenvalue weighted by atomic mass is 10.1. The van der Waals surface area contributed by atoms with Crippen LogP contribution in [-0.2, 0) is 16.0 Å². The number of carbonyl (C=O) groups is 2. The number of fused-ring (bicyclic) bond motifs is 1. The number of nitrogens with zero attached hydrogens (tertiary/aromatic N) is 1. The molecule has 2 aromatic carbocycles. The van der Waals surface area contributed by atoms with Crippen LogP contribution in [0, 0.1) is 20.8 Å². The van der Waals surface area contributed by atoms with Crippen molar-refractivity contribution in [3.8, 4) is 5.75 Å². The standard InChI is InChI=1S/C23H26N2O3/c1-15-11-16(2)23(17(3)12-15)24-21(26)14-25(4)22(27)8-6-18-5-7-20-19(13-18)9-10-28-20/h5-8,11-13H,9-10,14H2,1-4H3,(H,24,26)/b8-6+. The second kappa shape index (κ2) is 8.30. The van der Waals surface area contributed by atoms with Crippen LogP contribution >= 0.6 is 0 Å². The van der Waals surface area contributed by atoms with Crippen molar-refractivity contribution in [1.82, 2.24) is 4.90 Å². The number of aryl methyl sites for hydroxylation is 3. The first-order valence-corrected chi connectivity index (χ1v) is 9.40. The van der Waals surface area contributed by atoms with Crippen molar-refractivity contribution in [2.24, 2.45) is 0 Å². The molecule has 0 unspecified atom stereocenters. The highest BCUT2D eigenvalue weighted by Gasteiger charge is 2.14. The Kier molecular flexibility index (Phi) is 5.83. The van der Waals surface area contributed by atoms with E-state index in [2.05, 4.69) is 5.32 Å². The Labute approximate surface area is 166 Å². The van der Waals surface area contributed by atoms with Gasteiger partial charge in [0.1, 0.15) is 5.75 Å². The first-order valence-electron chi connectivity index (χ1n) is 9.40. The Hall–Kier alpha value is -3.08. The highest BCUT2D eigenvalue weighted by atomic mass is 16.5. The number of rotatable bonds is 5. The van der Waals surface area contributed by atoms with Crippen LogP contribution in [0.2, 0.25) is 0 Å². The lowest BCUT2D eigenvalue weighted by Crippen LogP contribution is -2.34. The summed E-state index contributed by atoms with van der Waals surface area (Å²) in [6.45, 7) is 6.66. The fourth-order valence-electron chi connectivity index (χ4n) is 3.45. The summed E-state index contributed by atoms with van der Waals surface area (Å²) in [5.41, 5.74) is 6.10. The molecule has 2 amide bonds. The zero-order valence-corrected chi connectivity index (χ0v) is 16.8. The molecule has 2 aromatic rings. The third-order valence-corrected chi connectivity index (χ3v) is 4.83. The van der Waals surface area contributed by atoms with Gasteiger partial charge < -0.3 is 15.0 Å². The summed E-state index contributed by atoms with van der Waals surface area (Å²) in [5.74, 6) is 0.484. The molecule has 0 radical (unpaired) electrons. The van der Waals surface area contributed by atoms with E-state index in [9.17, 15) is 9.59 Å². The summed E-state index contributed by atoms with van der Waals surface area (Å²) < 4.78 is 5.49. The SMILES string of the molecule is Cc1cc(C)c(NC(=O)CN(C)C(=O)/C=C/c2ccc3c(c2)CCO3)c(C)c1. The first-order chi connectivity index (χ1) is 13.3. The molecule has 1 aliphatic rings. The average molecular weight is 378 g/mol. The fourth-order valence-corrected chi connectivity index (χ4v) is 3.45. The molecule has 0 atom stereocenters. The van der Waals surface area contributed by atoms with Gasteiger partial charge in [-0.05, 0) is 61.2 Å². The number of amides is 2. The number of carbonyl (C=O) groups excluding carboxylic acids is 2. The van der Waals surface area contributed by atoms with Gasteiger partial charge in [0.05, 0.1) is 13.2 Å². The van der Waals surface area contributed by atoms with Crippen molar-refractivity contribution in [3.63, 3.8) is 0 Å². The van der Waals surface area contributed by atoms with Gasteiger partial charge in [-0.15, -0.1) is 0 Å². The number of benzene rings is 2. The van der Waals surface area contributed by atoms with E-state index in [1.807, 2.05) is 51.1 Å². The van der Waals surface area contributed by atoms with Gasteiger partial charge in [0.25, 0.3) is 0 Å². The third-order valence-electron chi connectivity index (χ3n) is 4.83. The van der Waals surface area contributed by atoms with Crippen LogP contribution in [0.3, 0.4) is 0 Å². The molecule has 3 rings (SSSR count). The minimum atomic E-state index is -0.218. The lowest BCUT2D eigenvalue weighted by molar-refractivity contribution is -0.129. The lowest BCUT2D eigenvalue weighted by Gasteiger charge is -2.17. The van der Waals surface area contributed by atoms with Gasteiger partial charge in [-0.2, -0.15) is 0 Å². The van der Waals surface area contributed by atoms with E-state index >= 15 is 0 Å². The molecular formula is C23H26N2O3. The van der Waals surface area contributed by atoms with E-state index in [0.29, 0.717) is 6.61 Å². The van der Waals surface area contributed by atoms with E-state index < -0.39 is 0 Å². The molecule has 1 N–H and O–H groups in total. The number of nitrogens with one attached hydrogen (secondary N) is 1. The quantitative estimate of drug-likeness (QED) is 0.808. The van der Waals surface area contributed by atoms with Crippen LogP contribution in [-0.4, -0.2) is 36.9 Å². The molecule has 1 heterocycles. The van der Waals surface area contributed by atoms with E-state index in [4.69, 9.17) is 4.74 Å². The number of anilines is 1. The Morgan fingerprint density at radius 2 is 1.86 bits per heavy atom. The maximum atomic E-state index is 12.4. The van der Waals surface area contributed by atoms with Crippen molar-refractivity contribution in [2.75, 3.05) is 25.5 Å². The van der Waals surface area contributed by atoms with Crippen LogP contribution in [0.4, 0.5) is 5.69 Å². The van der Waals surface area contributed by atoms with Gasteiger partial charge in [-0.3, -0.25) is 9.59 Å². The van der Waals surface area contributed by atoms with Crippen molar-refractivity contribution in [2.45, 2.75) is 27.2 Å². The molecule has 0 fully saturated rings. The second-order valence-electron chi connectivity index (χ2n) is 7.32. The highest BCUT2D eigenvalue weighted by molar-refractivity contribution is 5.98. The molecule has 0 bridgehead atoms. The summed E-state index contributed by atoms with van der Waals surface area (Å²) in [5, 5.41) is 2.92. The molecule has 1 aliphatic heterocycles. The van der Waals surface area contributed by atoms with Crippen LogP contribution in [0.15, 0.2) is 36.4 Å². The summed E-state index contributed by atoms with van der Waals surface area (Å²) in [6.07, 6.45) is 4.15. The van der Waals surface area contributed by atoms with Crippen LogP contribution < -0.4 is 10.1 Å². The smallest absolute Gasteiger partial charge is 0.246 e. The van der Waals surface area contributed by atoms with Gasteiger partial charge >= 0.3 is 0 Å². The number of ether oxygens (including phenoxy) is 1. The molecule has 0 spiro atoms. The normalized spacial score (nSPS) is 12.6. The van der Waals surface area contributed by atoms with Gasteiger partial charge in [0.15, 0.2) is 0 Å². The maximum absolute atomic E-state index is 12.4. The van der Waals surface area contributed by atoms with E-state index in [1.165, 1.54) is 11.0 Å². The van der Waals surface area contributed by atoms with E-state index in [0.717, 1.165) is 45.7 Å². The van der Waals surface area contributed by atoms with Crippen molar-refractivity contribution in [1.29, 1.82) is 0 Å². The monoisotopic (exact) mass is 378 g/mol. The predicted molar refractivity (Wildman–Crippen MR) is 112 cm³/mol. The molecule has 0 saturated heterocycles. The van der Waals surface area contributed by atoms with Gasteiger partial charge in [-0.1, -0.05) is 23.8 Å². The highest BCUT2D eigenvalue weighted by Crippen LogP contribution is 2.26. The number of hydrogen-bond donors (Lipinski definition) is 1. The van der Waals surface area contributed by atoms with Gasteiger partial charge in [0, 0.05) is 25.2 Å². The zero-order chi connectivity index (χ0) is 20.3. The van der Waals surface area contributed by atoms with Crippen molar-refractivity contribution < 1.29 is 14.3 Å². The van der Waals surface area contributed by atoms with Gasteiger partial charge in [0.2, 0.25) is 11.8 Å². The molecule has 0 saturated carbocycles. The Morgan fingerprint density at radius 1 is 1.14 bits per heavy atom. The largest absolute Gasteiger partial charge is 0.493 e. The van der Waals surface area contributed by atoms with Crippen LogP contribution in [0.5, 0.6) is 5.75 Å². The molecule has 0 aromatic heterocycles. The second-order valence-corrected chi connectivity index (χ2v) is 7.32. The molecule has 5 nitrogen and oxygen atoms in total. The van der Waals surface area contributed by atoms with E-state index in [1.54, 1.807) is 13.1 Å². The molecule has 146 valence electrons. The Balaban J connectivity index is 1.58. The number of likely N-dealkylation sites (N-methyl/N-ethyl adjacent to an activating group) is 1. The molecular weight excluding hydrogens is 352 g/mol. The van der Waals surface area contributed by atoms with Crippen molar-refractivity contribution >= 4 is 23.6 Å². The third kappa shape index (κ3) is 4.60. The van der Waals surface area contributed by atoms with Crippen LogP contribution in [0.1, 0.15) is 27.8 Å². The Bertz CT molecular complexity index is 924. The number of hydrogen-bond acceptors (Lipinski definition) is 3. The van der Waals surface area contributed by atoms with Crippen molar-refractivity contribution in [3.05, 3.63) is 64.2 Å². The topological polar surface area (TPSA) is 58.6 Å². The summed E-state index contributed by atoms with van der Waals surface area (Å²) >= 11 is 0. The maximum Gasteiger partial charge on any atom is 0.246 e. The minimum absolute atomic E-state index is 0.00599. The average Bonchev–Trinajstić information content (AvgIpc) is 3.10. The minimum Gasteiger partial charge on any atom is -0.493 e. The summed E-state index contributed by atoms with van der Waals surface area (Å²) in [6, 6.07) is 9.94. The molecule has 0 aliphatic carbocycles. The first kappa shape index (κ1) is 19.7. The molecule has 5 heteroatoms. The van der Waals surface area contributed by atoms with Gasteiger partial charge in [-0.25, -0.2) is 0 Å². The van der Waals surface area contributed by atoms with Crippen LogP contribution in [0.25, 0.3) is 6.08 Å². The molecule has 28 heavy (non-hydrogen) atoms. The van der Waals surface area contributed by atoms with E-state index in [-0.39, 0.29) is 18.4 Å². The summed E-state index contributed by atoms with van der Waals surface area (Å²) in [7, 11) is 1.62. The Morgan fingerprint density at radius 3 is 2.57 bits per heavy atom.